The van der Waals surface area contributed by atoms with Crippen LogP contribution in [0.3, 0.4) is 0 Å². The first kappa shape index (κ1) is 13.6. The molecule has 2 aromatic carbocycles. The first-order valence-electron chi connectivity index (χ1n) is 6.28. The molecule has 4 nitrogen and oxygen atoms in total. The summed E-state index contributed by atoms with van der Waals surface area (Å²) in [4.78, 5) is 16.0. The second kappa shape index (κ2) is 5.93. The fraction of sp³-hybridized carbons (Fsp3) is 0. The van der Waals surface area contributed by atoms with E-state index in [0.717, 1.165) is 15.7 Å². The van der Waals surface area contributed by atoms with Crippen LogP contribution in [0.1, 0.15) is 10.4 Å². The van der Waals surface area contributed by atoms with Crippen molar-refractivity contribution in [2.75, 3.05) is 5.32 Å². The maximum absolute atomic E-state index is 12.1. The average molecular weight is 343 g/mol. The highest BCUT2D eigenvalue weighted by Crippen LogP contribution is 2.21. The van der Waals surface area contributed by atoms with Gasteiger partial charge in [-0.15, -0.1) is 0 Å². The number of nitrogens with one attached hydrogen (secondary N) is 1. The molecule has 1 aromatic heterocycles. The second-order valence-corrected chi connectivity index (χ2v) is 5.32. The normalized spacial score (nSPS) is 10.3. The molecule has 0 unspecified atom stereocenters. The largest absolute Gasteiger partial charge is 0.444 e. The minimum absolute atomic E-state index is 0.144. The smallest absolute Gasteiger partial charge is 0.255 e. The number of halogens is 1. The Balaban J connectivity index is 1.73. The number of anilines is 1. The first-order chi connectivity index (χ1) is 10.2. The van der Waals surface area contributed by atoms with Gasteiger partial charge < -0.3 is 9.73 Å². The first-order valence-corrected chi connectivity index (χ1v) is 7.07. The van der Waals surface area contributed by atoms with Crippen LogP contribution in [0.2, 0.25) is 0 Å². The summed E-state index contributed by atoms with van der Waals surface area (Å²) >= 11 is 3.34. The molecule has 0 saturated heterocycles. The summed E-state index contributed by atoms with van der Waals surface area (Å²) in [6.45, 7) is 0. The van der Waals surface area contributed by atoms with Crippen LogP contribution < -0.4 is 5.32 Å². The maximum atomic E-state index is 12.1. The Bertz CT molecular complexity index is 735. The fourth-order valence-corrected chi connectivity index (χ4v) is 2.15. The van der Waals surface area contributed by atoms with Crippen molar-refractivity contribution in [1.82, 2.24) is 4.98 Å². The van der Waals surface area contributed by atoms with Crippen molar-refractivity contribution >= 4 is 27.5 Å². The number of aromatic nitrogens is 1. The van der Waals surface area contributed by atoms with Crippen molar-refractivity contribution in [3.63, 3.8) is 0 Å². The Hall–Kier alpha value is -2.40. The van der Waals surface area contributed by atoms with Gasteiger partial charge in [0.15, 0.2) is 12.2 Å². The lowest BCUT2D eigenvalue weighted by atomic mass is 10.1. The van der Waals surface area contributed by atoms with Gasteiger partial charge in [0.25, 0.3) is 5.91 Å². The van der Waals surface area contributed by atoms with Crippen molar-refractivity contribution in [2.24, 2.45) is 0 Å². The van der Waals surface area contributed by atoms with E-state index in [4.69, 9.17) is 4.42 Å². The van der Waals surface area contributed by atoms with E-state index in [9.17, 15) is 4.79 Å². The molecule has 104 valence electrons. The molecule has 21 heavy (non-hydrogen) atoms. The molecule has 1 amide bonds. The van der Waals surface area contributed by atoms with Crippen LogP contribution >= 0.6 is 15.9 Å². The molecule has 0 atom stereocenters. The zero-order chi connectivity index (χ0) is 14.7. The molecule has 5 heteroatoms. The summed E-state index contributed by atoms with van der Waals surface area (Å²) in [7, 11) is 0. The summed E-state index contributed by atoms with van der Waals surface area (Å²) in [5, 5.41) is 2.85. The van der Waals surface area contributed by atoms with Gasteiger partial charge in [-0.05, 0) is 48.5 Å². The molecule has 0 spiro atoms. The number of hydrogen-bond acceptors (Lipinski definition) is 3. The predicted molar refractivity (Wildman–Crippen MR) is 84.0 cm³/mol. The standard InChI is InChI=1S/C16H11BrN2O2/c17-13-5-1-12(2-6-13)16(20)19-14-7-3-11(4-8-14)15-9-18-10-21-15/h1-10H,(H,19,20). The van der Waals surface area contributed by atoms with Crippen molar-refractivity contribution in [2.45, 2.75) is 0 Å². The number of carbonyl (C=O) groups is 1. The third-order valence-electron chi connectivity index (χ3n) is 2.97. The molecule has 0 saturated carbocycles. The number of rotatable bonds is 3. The predicted octanol–water partition coefficient (Wildman–Crippen LogP) is 4.36. The Morgan fingerprint density at radius 1 is 1.05 bits per heavy atom. The van der Waals surface area contributed by atoms with E-state index in [1.54, 1.807) is 18.3 Å². The lowest BCUT2D eigenvalue weighted by Gasteiger charge is -2.06. The summed E-state index contributed by atoms with van der Waals surface area (Å²) in [6.07, 6.45) is 3.04. The minimum atomic E-state index is -0.144. The highest BCUT2D eigenvalue weighted by atomic mass is 79.9. The molecule has 0 radical (unpaired) electrons. The van der Waals surface area contributed by atoms with Crippen LogP contribution in [-0.2, 0) is 0 Å². The van der Waals surface area contributed by atoms with E-state index >= 15 is 0 Å². The Kier molecular flexibility index (Phi) is 3.83. The molecule has 0 aliphatic rings. The number of hydrogen-bond donors (Lipinski definition) is 1. The Morgan fingerprint density at radius 2 is 1.76 bits per heavy atom. The topological polar surface area (TPSA) is 55.1 Å². The summed E-state index contributed by atoms with van der Waals surface area (Å²) in [5.74, 6) is 0.552. The highest BCUT2D eigenvalue weighted by molar-refractivity contribution is 9.10. The minimum Gasteiger partial charge on any atom is -0.444 e. The molecule has 1 N–H and O–H groups in total. The number of benzene rings is 2. The molecule has 3 rings (SSSR count). The molecular formula is C16H11BrN2O2. The molecular weight excluding hydrogens is 332 g/mol. The number of nitrogens with zero attached hydrogens (tertiary/aromatic N) is 1. The van der Waals surface area contributed by atoms with Gasteiger partial charge in [0, 0.05) is 21.3 Å². The van der Waals surface area contributed by atoms with E-state index < -0.39 is 0 Å². The lowest BCUT2D eigenvalue weighted by molar-refractivity contribution is 0.102. The van der Waals surface area contributed by atoms with E-state index in [1.165, 1.54) is 6.39 Å². The van der Waals surface area contributed by atoms with Crippen molar-refractivity contribution in [3.8, 4) is 11.3 Å². The maximum Gasteiger partial charge on any atom is 0.255 e. The summed E-state index contributed by atoms with van der Waals surface area (Å²) in [5.41, 5.74) is 2.25. The quantitative estimate of drug-likeness (QED) is 0.769. The van der Waals surface area contributed by atoms with E-state index in [-0.39, 0.29) is 5.91 Å². The van der Waals surface area contributed by atoms with Gasteiger partial charge >= 0.3 is 0 Å². The Labute approximate surface area is 130 Å². The molecule has 0 fully saturated rings. The van der Waals surface area contributed by atoms with Gasteiger partial charge in [-0.2, -0.15) is 0 Å². The molecule has 3 aromatic rings. The molecule has 0 bridgehead atoms. The van der Waals surface area contributed by atoms with Gasteiger partial charge in [-0.3, -0.25) is 4.79 Å². The monoisotopic (exact) mass is 342 g/mol. The highest BCUT2D eigenvalue weighted by Gasteiger charge is 2.06. The van der Waals surface area contributed by atoms with Gasteiger partial charge in [0.2, 0.25) is 0 Å². The van der Waals surface area contributed by atoms with Crippen LogP contribution in [0.25, 0.3) is 11.3 Å². The van der Waals surface area contributed by atoms with E-state index in [1.807, 2.05) is 36.4 Å². The number of carbonyl (C=O) groups excluding carboxylic acids is 1. The summed E-state index contributed by atoms with van der Waals surface area (Å²) in [6, 6.07) is 14.6. The van der Waals surface area contributed by atoms with Crippen LogP contribution in [0.5, 0.6) is 0 Å². The van der Waals surface area contributed by atoms with Gasteiger partial charge in [-0.1, -0.05) is 15.9 Å². The SMILES string of the molecule is O=C(Nc1ccc(-c2cnco2)cc1)c1ccc(Br)cc1. The fourth-order valence-electron chi connectivity index (χ4n) is 1.88. The average Bonchev–Trinajstić information content (AvgIpc) is 3.03. The third kappa shape index (κ3) is 3.20. The lowest BCUT2D eigenvalue weighted by Crippen LogP contribution is -2.11. The van der Waals surface area contributed by atoms with E-state index in [2.05, 4.69) is 26.2 Å². The van der Waals surface area contributed by atoms with Crippen LogP contribution in [0.15, 0.2) is 70.0 Å². The zero-order valence-corrected chi connectivity index (χ0v) is 12.5. The zero-order valence-electron chi connectivity index (χ0n) is 10.9. The second-order valence-electron chi connectivity index (χ2n) is 4.40. The number of amides is 1. The molecule has 0 aliphatic carbocycles. The summed E-state index contributed by atoms with van der Waals surface area (Å²) < 4.78 is 6.16. The van der Waals surface area contributed by atoms with Crippen LogP contribution in [-0.4, -0.2) is 10.9 Å². The van der Waals surface area contributed by atoms with Gasteiger partial charge in [0.05, 0.1) is 6.20 Å². The van der Waals surface area contributed by atoms with E-state index in [0.29, 0.717) is 11.3 Å². The van der Waals surface area contributed by atoms with Gasteiger partial charge in [-0.25, -0.2) is 4.98 Å². The van der Waals surface area contributed by atoms with Crippen LogP contribution in [0.4, 0.5) is 5.69 Å². The Morgan fingerprint density at radius 3 is 2.38 bits per heavy atom. The van der Waals surface area contributed by atoms with Gasteiger partial charge in [0.1, 0.15) is 0 Å². The number of oxazole rings is 1. The van der Waals surface area contributed by atoms with Crippen LogP contribution in [0, 0.1) is 0 Å². The molecule has 0 aliphatic heterocycles. The third-order valence-corrected chi connectivity index (χ3v) is 3.49. The van der Waals surface area contributed by atoms with Crippen molar-refractivity contribution in [1.29, 1.82) is 0 Å². The van der Waals surface area contributed by atoms with Crippen molar-refractivity contribution in [3.05, 3.63) is 71.2 Å². The molecule has 1 heterocycles. The van der Waals surface area contributed by atoms with Crippen molar-refractivity contribution < 1.29 is 9.21 Å².